The SMILES string of the molecule is CCCCCc1ccc2c(S(=O)(=O)[O-])cc(CCCCC)cc2c1.[K+]. The van der Waals surface area contributed by atoms with Crippen LogP contribution in [-0.2, 0) is 23.0 Å². The number of unbranched alkanes of at least 4 members (excludes halogenated alkanes) is 4. The number of hydrogen-bond donors (Lipinski definition) is 0. The van der Waals surface area contributed by atoms with Gasteiger partial charge in [0.05, 0.1) is 4.90 Å². The van der Waals surface area contributed by atoms with E-state index < -0.39 is 10.1 Å². The van der Waals surface area contributed by atoms with Crippen molar-refractivity contribution in [2.45, 2.75) is 70.1 Å². The van der Waals surface area contributed by atoms with Gasteiger partial charge in [-0.1, -0.05) is 63.8 Å². The van der Waals surface area contributed by atoms with Crippen LogP contribution in [0.15, 0.2) is 35.2 Å². The summed E-state index contributed by atoms with van der Waals surface area (Å²) in [6.45, 7) is 4.31. The van der Waals surface area contributed by atoms with Gasteiger partial charge in [-0.25, -0.2) is 8.42 Å². The fourth-order valence-electron chi connectivity index (χ4n) is 3.11. The van der Waals surface area contributed by atoms with Gasteiger partial charge in [0, 0.05) is 0 Å². The molecule has 0 fully saturated rings. The van der Waals surface area contributed by atoms with Crippen LogP contribution < -0.4 is 51.4 Å². The van der Waals surface area contributed by atoms with E-state index in [0.717, 1.165) is 49.5 Å². The topological polar surface area (TPSA) is 57.2 Å². The summed E-state index contributed by atoms with van der Waals surface area (Å²) in [6, 6.07) is 9.39. The second kappa shape index (κ2) is 11.2. The largest absolute Gasteiger partial charge is 1.00 e. The van der Waals surface area contributed by atoms with Crippen LogP contribution in [0.4, 0.5) is 0 Å². The Morgan fingerprint density at radius 1 is 0.840 bits per heavy atom. The monoisotopic (exact) mass is 386 g/mol. The Labute approximate surface area is 194 Å². The second-order valence-electron chi connectivity index (χ2n) is 6.52. The third kappa shape index (κ3) is 7.05. The van der Waals surface area contributed by atoms with Crippen LogP contribution in [0.1, 0.15) is 63.5 Å². The van der Waals surface area contributed by atoms with Gasteiger partial charge in [0.15, 0.2) is 0 Å². The van der Waals surface area contributed by atoms with Gasteiger partial charge in [0.2, 0.25) is 0 Å². The molecular formula is C20H27KO3S. The van der Waals surface area contributed by atoms with Crippen molar-refractivity contribution < 1.29 is 64.4 Å². The third-order valence-electron chi connectivity index (χ3n) is 4.45. The van der Waals surface area contributed by atoms with E-state index in [4.69, 9.17) is 0 Å². The molecule has 0 N–H and O–H groups in total. The van der Waals surface area contributed by atoms with Crippen molar-refractivity contribution >= 4 is 20.9 Å². The standard InChI is InChI=1S/C20H28O3S.K/c1-3-5-7-9-16-11-12-19-18(13-16)14-17(10-8-6-4-2)15-20(19)24(21,22)23;/h11-15H,3-10H2,1-2H3,(H,21,22,23);/q;+1/p-1. The number of fused-ring (bicyclic) bond motifs is 1. The fourth-order valence-corrected chi connectivity index (χ4v) is 3.86. The van der Waals surface area contributed by atoms with Crippen LogP contribution in [0.5, 0.6) is 0 Å². The first-order chi connectivity index (χ1) is 11.5. The molecule has 0 heterocycles. The summed E-state index contributed by atoms with van der Waals surface area (Å²) >= 11 is 0. The van der Waals surface area contributed by atoms with E-state index in [1.165, 1.54) is 18.4 Å². The van der Waals surface area contributed by atoms with Crippen molar-refractivity contribution in [2.75, 3.05) is 0 Å². The van der Waals surface area contributed by atoms with Crippen molar-refractivity contribution in [2.24, 2.45) is 0 Å². The molecule has 0 aliphatic carbocycles. The van der Waals surface area contributed by atoms with E-state index in [0.29, 0.717) is 5.39 Å². The zero-order chi connectivity index (χ0) is 17.6. The molecule has 0 bridgehead atoms. The summed E-state index contributed by atoms with van der Waals surface area (Å²) in [5, 5.41) is 1.41. The molecule has 3 nitrogen and oxygen atoms in total. The van der Waals surface area contributed by atoms with E-state index in [-0.39, 0.29) is 56.3 Å². The van der Waals surface area contributed by atoms with Gasteiger partial charge >= 0.3 is 51.4 Å². The first-order valence-electron chi connectivity index (χ1n) is 8.97. The molecule has 0 radical (unpaired) electrons. The van der Waals surface area contributed by atoms with E-state index in [1.807, 2.05) is 18.2 Å². The summed E-state index contributed by atoms with van der Waals surface area (Å²) in [4.78, 5) is -0.0772. The van der Waals surface area contributed by atoms with Crippen molar-refractivity contribution in [3.8, 4) is 0 Å². The number of hydrogen-bond acceptors (Lipinski definition) is 3. The first kappa shape index (κ1) is 23.3. The number of aryl methyl sites for hydroxylation is 2. The van der Waals surface area contributed by atoms with Crippen LogP contribution in [0.2, 0.25) is 0 Å². The minimum absolute atomic E-state index is 0. The van der Waals surface area contributed by atoms with Crippen LogP contribution in [-0.4, -0.2) is 13.0 Å². The van der Waals surface area contributed by atoms with Crippen molar-refractivity contribution in [1.29, 1.82) is 0 Å². The molecule has 0 saturated heterocycles. The summed E-state index contributed by atoms with van der Waals surface area (Å²) in [5.74, 6) is 0. The molecule has 2 rings (SSSR count). The fraction of sp³-hybridized carbons (Fsp3) is 0.500. The van der Waals surface area contributed by atoms with Gasteiger partial charge in [0.25, 0.3) is 0 Å². The summed E-state index contributed by atoms with van der Waals surface area (Å²) < 4.78 is 35.0. The average molecular weight is 387 g/mol. The van der Waals surface area contributed by atoms with Gasteiger partial charge in [0.1, 0.15) is 10.1 Å². The van der Waals surface area contributed by atoms with Crippen molar-refractivity contribution in [1.82, 2.24) is 0 Å². The van der Waals surface area contributed by atoms with Gasteiger partial charge in [-0.2, -0.15) is 0 Å². The minimum Gasteiger partial charge on any atom is -0.744 e. The predicted molar refractivity (Wildman–Crippen MR) is 98.4 cm³/mol. The molecule has 5 heteroatoms. The van der Waals surface area contributed by atoms with Crippen LogP contribution in [0.25, 0.3) is 10.8 Å². The Bertz CT molecular complexity index is 780. The molecule has 2 aromatic rings. The van der Waals surface area contributed by atoms with E-state index in [9.17, 15) is 13.0 Å². The Morgan fingerprint density at radius 2 is 1.40 bits per heavy atom. The molecule has 0 saturated carbocycles. The quantitative estimate of drug-likeness (QED) is 0.377. The van der Waals surface area contributed by atoms with Gasteiger partial charge in [-0.3, -0.25) is 0 Å². The molecular weight excluding hydrogens is 359 g/mol. The van der Waals surface area contributed by atoms with E-state index in [2.05, 4.69) is 13.8 Å². The Morgan fingerprint density at radius 3 is 1.96 bits per heavy atom. The predicted octanol–water partition coefficient (Wildman–Crippen LogP) is 2.21. The number of benzene rings is 2. The third-order valence-corrected chi connectivity index (χ3v) is 5.32. The maximum absolute atomic E-state index is 11.7. The Kier molecular flexibility index (Phi) is 10.4. The molecule has 0 amide bonds. The zero-order valence-electron chi connectivity index (χ0n) is 15.7. The molecule has 0 atom stereocenters. The van der Waals surface area contributed by atoms with E-state index in [1.54, 1.807) is 12.1 Å². The Balaban J connectivity index is 0.00000312. The van der Waals surface area contributed by atoms with Gasteiger partial charge < -0.3 is 4.55 Å². The molecule has 132 valence electrons. The maximum atomic E-state index is 11.7. The summed E-state index contributed by atoms with van der Waals surface area (Å²) in [5.41, 5.74) is 2.15. The summed E-state index contributed by atoms with van der Waals surface area (Å²) in [7, 11) is -4.47. The van der Waals surface area contributed by atoms with Gasteiger partial charge in [-0.05, 0) is 53.6 Å². The molecule has 25 heavy (non-hydrogen) atoms. The molecule has 0 spiro atoms. The second-order valence-corrected chi connectivity index (χ2v) is 7.87. The molecule has 0 aromatic heterocycles. The van der Waals surface area contributed by atoms with Crippen LogP contribution in [0, 0.1) is 0 Å². The van der Waals surface area contributed by atoms with Gasteiger partial charge in [-0.15, -0.1) is 0 Å². The molecule has 0 aliphatic rings. The zero-order valence-corrected chi connectivity index (χ0v) is 19.6. The van der Waals surface area contributed by atoms with Crippen molar-refractivity contribution in [3.63, 3.8) is 0 Å². The summed E-state index contributed by atoms with van der Waals surface area (Å²) in [6.07, 6.45) is 8.52. The smallest absolute Gasteiger partial charge is 0.744 e. The van der Waals surface area contributed by atoms with Crippen LogP contribution in [0.3, 0.4) is 0 Å². The minimum atomic E-state index is -4.47. The molecule has 0 aliphatic heterocycles. The van der Waals surface area contributed by atoms with Crippen LogP contribution >= 0.6 is 0 Å². The average Bonchev–Trinajstić information content (AvgIpc) is 2.53. The molecule has 0 unspecified atom stereocenters. The van der Waals surface area contributed by atoms with E-state index >= 15 is 0 Å². The maximum Gasteiger partial charge on any atom is 1.00 e. The Hall–Kier alpha value is 0.246. The first-order valence-corrected chi connectivity index (χ1v) is 10.4. The molecule has 2 aromatic carbocycles. The van der Waals surface area contributed by atoms with Crippen molar-refractivity contribution in [3.05, 3.63) is 41.5 Å². The normalized spacial score (nSPS) is 11.5. The number of rotatable bonds is 9.